The highest BCUT2D eigenvalue weighted by molar-refractivity contribution is 5.97. The van der Waals surface area contributed by atoms with E-state index in [1.165, 1.54) is 0 Å². The normalized spacial score (nSPS) is 15.9. The third-order valence-electron chi connectivity index (χ3n) is 4.18. The number of nitrogens with zero attached hydrogens (tertiary/aromatic N) is 2. The first-order chi connectivity index (χ1) is 11.7. The molecule has 1 fully saturated rings. The van der Waals surface area contributed by atoms with E-state index in [0.717, 1.165) is 5.82 Å². The molecule has 1 saturated heterocycles. The quantitative estimate of drug-likeness (QED) is 0.852. The Morgan fingerprint density at radius 1 is 1.29 bits per heavy atom. The second-order valence-corrected chi connectivity index (χ2v) is 5.72. The average molecular weight is 328 g/mol. The summed E-state index contributed by atoms with van der Waals surface area (Å²) in [7, 11) is 0. The summed E-state index contributed by atoms with van der Waals surface area (Å²) in [5, 5.41) is 2.64. The van der Waals surface area contributed by atoms with Crippen LogP contribution in [0, 0.1) is 0 Å². The summed E-state index contributed by atoms with van der Waals surface area (Å²) >= 11 is 0. The van der Waals surface area contributed by atoms with Crippen molar-refractivity contribution in [2.24, 2.45) is 0 Å². The molecule has 124 valence electrons. The molecule has 2 aliphatic rings. The number of ether oxygens (including phenoxy) is 2. The van der Waals surface area contributed by atoms with Gasteiger partial charge >= 0.3 is 0 Å². The van der Waals surface area contributed by atoms with Crippen molar-refractivity contribution in [3.63, 3.8) is 0 Å². The molecule has 2 aromatic rings. The summed E-state index contributed by atoms with van der Waals surface area (Å²) in [4.78, 5) is 33.2. The average Bonchev–Trinajstić information content (AvgIpc) is 3.21. The van der Waals surface area contributed by atoms with Crippen LogP contribution in [0.1, 0.15) is 22.1 Å². The summed E-state index contributed by atoms with van der Waals surface area (Å²) < 4.78 is 10.4. The molecule has 1 aromatic heterocycles. The van der Waals surface area contributed by atoms with Gasteiger partial charge in [0.05, 0.1) is 12.5 Å². The maximum absolute atomic E-state index is 12.1. The van der Waals surface area contributed by atoms with Crippen molar-refractivity contribution < 1.29 is 19.1 Å². The Morgan fingerprint density at radius 3 is 2.92 bits per heavy atom. The number of hydrogen-bond acceptors (Lipinski definition) is 5. The molecule has 4 rings (SSSR count). The van der Waals surface area contributed by atoms with Gasteiger partial charge in [0.2, 0.25) is 12.7 Å². The number of carbonyl (C=O) groups is 2. The molecule has 0 bridgehead atoms. The van der Waals surface area contributed by atoms with Gasteiger partial charge in [-0.2, -0.15) is 0 Å². The van der Waals surface area contributed by atoms with E-state index in [1.807, 2.05) is 0 Å². The van der Waals surface area contributed by atoms with Gasteiger partial charge in [0.15, 0.2) is 11.5 Å². The maximum Gasteiger partial charge on any atom is 0.251 e. The van der Waals surface area contributed by atoms with Crippen molar-refractivity contribution >= 4 is 11.8 Å². The van der Waals surface area contributed by atoms with Crippen LogP contribution in [-0.2, 0) is 4.79 Å². The van der Waals surface area contributed by atoms with Gasteiger partial charge < -0.3 is 24.7 Å². The van der Waals surface area contributed by atoms with Crippen molar-refractivity contribution in [1.82, 2.24) is 20.2 Å². The number of fused-ring (bicyclic) bond motifs is 1. The highest BCUT2D eigenvalue weighted by Gasteiger charge is 2.33. The van der Waals surface area contributed by atoms with Crippen LogP contribution in [0.5, 0.6) is 11.5 Å². The van der Waals surface area contributed by atoms with E-state index in [0.29, 0.717) is 30.2 Å². The third kappa shape index (κ3) is 2.66. The molecular formula is C16H16N4O4. The summed E-state index contributed by atoms with van der Waals surface area (Å²) in [6.07, 6.45) is 3.47. The molecule has 1 aromatic carbocycles. The summed E-state index contributed by atoms with van der Waals surface area (Å²) in [5.74, 6) is 1.87. The third-order valence-corrected chi connectivity index (χ3v) is 4.18. The predicted molar refractivity (Wildman–Crippen MR) is 82.8 cm³/mol. The number of rotatable bonds is 4. The van der Waals surface area contributed by atoms with E-state index in [2.05, 4.69) is 15.3 Å². The van der Waals surface area contributed by atoms with Crippen LogP contribution in [0.3, 0.4) is 0 Å². The minimum absolute atomic E-state index is 0.0296. The molecule has 8 heteroatoms. The fraction of sp³-hybridized carbons (Fsp3) is 0.312. The SMILES string of the molecule is O=C(NCC(=O)N1CC(c2ncc[nH]2)C1)c1ccc2c(c1)OCO2. The number of benzene rings is 1. The van der Waals surface area contributed by atoms with Crippen LogP contribution in [0.4, 0.5) is 0 Å². The van der Waals surface area contributed by atoms with Crippen LogP contribution in [0.15, 0.2) is 30.6 Å². The Labute approximate surface area is 137 Å². The van der Waals surface area contributed by atoms with Gasteiger partial charge in [-0.25, -0.2) is 4.98 Å². The molecule has 3 heterocycles. The van der Waals surface area contributed by atoms with Gasteiger partial charge in [0, 0.05) is 31.0 Å². The maximum atomic E-state index is 12.1. The van der Waals surface area contributed by atoms with Gasteiger partial charge in [0.1, 0.15) is 5.82 Å². The lowest BCUT2D eigenvalue weighted by molar-refractivity contribution is -0.134. The predicted octanol–water partition coefficient (Wildman–Crippen LogP) is 0.494. The van der Waals surface area contributed by atoms with E-state index in [4.69, 9.17) is 9.47 Å². The number of imidazole rings is 1. The smallest absolute Gasteiger partial charge is 0.251 e. The molecule has 0 unspecified atom stereocenters. The lowest BCUT2D eigenvalue weighted by Gasteiger charge is -2.38. The van der Waals surface area contributed by atoms with E-state index in [9.17, 15) is 9.59 Å². The Morgan fingerprint density at radius 2 is 2.12 bits per heavy atom. The fourth-order valence-electron chi connectivity index (χ4n) is 2.76. The number of H-pyrrole nitrogens is 1. The Balaban J connectivity index is 1.28. The summed E-state index contributed by atoms with van der Waals surface area (Å²) in [6.45, 7) is 1.36. The van der Waals surface area contributed by atoms with Crippen LogP contribution in [0.25, 0.3) is 0 Å². The minimum atomic E-state index is -0.315. The van der Waals surface area contributed by atoms with Crippen LogP contribution < -0.4 is 14.8 Å². The lowest BCUT2D eigenvalue weighted by atomic mass is 9.99. The van der Waals surface area contributed by atoms with Crippen molar-refractivity contribution in [3.8, 4) is 11.5 Å². The number of carbonyl (C=O) groups excluding carboxylic acids is 2. The number of nitrogens with one attached hydrogen (secondary N) is 2. The van der Waals surface area contributed by atoms with Gasteiger partial charge in [-0.1, -0.05) is 0 Å². The molecule has 2 amide bonds. The summed E-state index contributed by atoms with van der Waals surface area (Å²) in [5.41, 5.74) is 0.434. The monoisotopic (exact) mass is 328 g/mol. The topological polar surface area (TPSA) is 96.6 Å². The number of likely N-dealkylation sites (tertiary alicyclic amines) is 1. The highest BCUT2D eigenvalue weighted by Crippen LogP contribution is 2.32. The first-order valence-corrected chi connectivity index (χ1v) is 7.65. The zero-order valence-electron chi connectivity index (χ0n) is 12.8. The molecule has 0 atom stereocenters. The zero-order valence-corrected chi connectivity index (χ0v) is 12.8. The Bertz CT molecular complexity index is 768. The Hall–Kier alpha value is -3.03. The zero-order chi connectivity index (χ0) is 16.5. The molecular weight excluding hydrogens is 312 g/mol. The minimum Gasteiger partial charge on any atom is -0.454 e. The second-order valence-electron chi connectivity index (χ2n) is 5.72. The Kier molecular flexibility index (Phi) is 3.56. The van der Waals surface area contributed by atoms with E-state index >= 15 is 0 Å². The molecule has 0 spiro atoms. The number of aromatic nitrogens is 2. The van der Waals surface area contributed by atoms with Crippen LogP contribution >= 0.6 is 0 Å². The first-order valence-electron chi connectivity index (χ1n) is 7.65. The van der Waals surface area contributed by atoms with Gasteiger partial charge in [0.25, 0.3) is 5.91 Å². The van der Waals surface area contributed by atoms with Crippen molar-refractivity contribution in [2.45, 2.75) is 5.92 Å². The molecule has 2 N–H and O–H groups in total. The van der Waals surface area contributed by atoms with Crippen molar-refractivity contribution in [1.29, 1.82) is 0 Å². The second kappa shape index (κ2) is 5.88. The van der Waals surface area contributed by atoms with E-state index < -0.39 is 0 Å². The largest absolute Gasteiger partial charge is 0.454 e. The van der Waals surface area contributed by atoms with Gasteiger partial charge in [-0.3, -0.25) is 9.59 Å². The van der Waals surface area contributed by atoms with Gasteiger partial charge in [-0.15, -0.1) is 0 Å². The first kappa shape index (κ1) is 14.6. The summed E-state index contributed by atoms with van der Waals surface area (Å²) in [6, 6.07) is 4.94. The lowest BCUT2D eigenvalue weighted by Crippen LogP contribution is -2.52. The fourth-order valence-corrected chi connectivity index (χ4v) is 2.76. The van der Waals surface area contributed by atoms with E-state index in [-0.39, 0.29) is 31.1 Å². The standard InChI is InChI=1S/C16H16N4O4/c21-14(20-7-11(8-20)15-17-3-4-18-15)6-19-16(22)10-1-2-12-13(5-10)24-9-23-12/h1-5,11H,6-9H2,(H,17,18)(H,19,22). The van der Waals surface area contributed by atoms with Gasteiger partial charge in [-0.05, 0) is 18.2 Å². The number of hydrogen-bond donors (Lipinski definition) is 2. The number of aromatic amines is 1. The highest BCUT2D eigenvalue weighted by atomic mass is 16.7. The van der Waals surface area contributed by atoms with E-state index in [1.54, 1.807) is 35.5 Å². The molecule has 0 aliphatic carbocycles. The van der Waals surface area contributed by atoms with Crippen LogP contribution in [0.2, 0.25) is 0 Å². The molecule has 0 saturated carbocycles. The molecule has 8 nitrogen and oxygen atoms in total. The van der Waals surface area contributed by atoms with Crippen LogP contribution in [-0.4, -0.2) is 53.1 Å². The molecule has 0 radical (unpaired) electrons. The van der Waals surface area contributed by atoms with Crippen molar-refractivity contribution in [2.75, 3.05) is 26.4 Å². The van der Waals surface area contributed by atoms with Crippen molar-refractivity contribution in [3.05, 3.63) is 42.0 Å². The number of amides is 2. The molecule has 2 aliphatic heterocycles. The molecule has 24 heavy (non-hydrogen) atoms.